The van der Waals surface area contributed by atoms with Crippen LogP contribution in [0.4, 0.5) is 0 Å². The summed E-state index contributed by atoms with van der Waals surface area (Å²) in [6.07, 6.45) is 12.2. The maximum Gasteiger partial charge on any atom is 0.308 e. The van der Waals surface area contributed by atoms with E-state index in [2.05, 4.69) is 20.3 Å². The fraction of sp³-hybridized carbons (Fsp3) is 0.724. The van der Waals surface area contributed by atoms with Crippen molar-refractivity contribution < 1.29 is 23.9 Å². The van der Waals surface area contributed by atoms with E-state index < -0.39 is 17.6 Å². The van der Waals surface area contributed by atoms with Gasteiger partial charge in [-0.15, -0.1) is 0 Å². The number of likely N-dealkylation sites (tertiary alicyclic amines) is 1. The molecule has 2 heterocycles. The van der Waals surface area contributed by atoms with Crippen LogP contribution >= 0.6 is 0 Å². The standard InChI is InChI=1S/C29H44N6O5/c1-29(2,3)40-27(37)17-25(23-16-24(19-31-18-23)39-15-13-32-34-30)33-28(38)22-10-7-14-35(20-22)26(36)12-11-21-8-5-4-6-9-21/h16,18-19,21-22,25H,4-15,17,20H2,1-3H3,(H,33,38)/t22-,25+/m1/s1. The van der Waals surface area contributed by atoms with Crippen molar-refractivity contribution >= 4 is 17.8 Å². The lowest BCUT2D eigenvalue weighted by molar-refractivity contribution is -0.155. The zero-order valence-corrected chi connectivity index (χ0v) is 24.1. The van der Waals surface area contributed by atoms with Crippen LogP contribution in [0.3, 0.4) is 0 Å². The maximum atomic E-state index is 13.5. The third-order valence-electron chi connectivity index (χ3n) is 7.40. The van der Waals surface area contributed by atoms with E-state index in [1.807, 2.05) is 4.90 Å². The zero-order valence-electron chi connectivity index (χ0n) is 24.1. The van der Waals surface area contributed by atoms with Gasteiger partial charge in [0, 0.05) is 30.6 Å². The Balaban J connectivity index is 1.65. The molecule has 1 aromatic heterocycles. The Morgan fingerprint density at radius 1 is 1.18 bits per heavy atom. The molecule has 2 amide bonds. The second-order valence-electron chi connectivity index (χ2n) is 11.8. The van der Waals surface area contributed by atoms with Crippen LogP contribution in [0.15, 0.2) is 23.6 Å². The summed E-state index contributed by atoms with van der Waals surface area (Å²) in [5.74, 6) is 0.195. The van der Waals surface area contributed by atoms with Gasteiger partial charge in [0.15, 0.2) is 0 Å². The van der Waals surface area contributed by atoms with Gasteiger partial charge in [-0.25, -0.2) is 0 Å². The number of pyridine rings is 1. The number of piperidine rings is 1. The van der Waals surface area contributed by atoms with E-state index in [9.17, 15) is 14.4 Å². The molecule has 0 unspecified atom stereocenters. The third-order valence-corrected chi connectivity index (χ3v) is 7.40. The highest BCUT2D eigenvalue weighted by atomic mass is 16.6. The average Bonchev–Trinajstić information content (AvgIpc) is 2.93. The quantitative estimate of drug-likeness (QED) is 0.122. The van der Waals surface area contributed by atoms with Crippen molar-refractivity contribution in [3.8, 4) is 5.75 Å². The first kappa shape index (κ1) is 31.2. The van der Waals surface area contributed by atoms with Gasteiger partial charge in [-0.05, 0) is 63.1 Å². The number of esters is 1. The van der Waals surface area contributed by atoms with E-state index in [-0.39, 0.29) is 37.3 Å². The number of nitrogens with zero attached hydrogens (tertiary/aromatic N) is 5. The van der Waals surface area contributed by atoms with Gasteiger partial charge < -0.3 is 19.7 Å². The fourth-order valence-electron chi connectivity index (χ4n) is 5.42. The Labute approximate surface area is 237 Å². The molecule has 1 N–H and O–H groups in total. The van der Waals surface area contributed by atoms with Crippen LogP contribution in [0.2, 0.25) is 0 Å². The van der Waals surface area contributed by atoms with Crippen molar-refractivity contribution in [3.05, 3.63) is 34.5 Å². The Morgan fingerprint density at radius 3 is 2.67 bits per heavy atom. The van der Waals surface area contributed by atoms with Gasteiger partial charge in [0.25, 0.3) is 0 Å². The number of ether oxygens (including phenoxy) is 2. The summed E-state index contributed by atoms with van der Waals surface area (Å²) in [5, 5.41) is 6.48. The van der Waals surface area contributed by atoms with E-state index in [1.54, 1.807) is 33.0 Å². The molecule has 1 saturated carbocycles. The molecule has 11 heteroatoms. The molecule has 0 bridgehead atoms. The minimum absolute atomic E-state index is 0.0797. The lowest BCUT2D eigenvalue weighted by atomic mass is 9.86. The highest BCUT2D eigenvalue weighted by molar-refractivity contribution is 5.82. The summed E-state index contributed by atoms with van der Waals surface area (Å²) in [4.78, 5) is 47.9. The molecular weight excluding hydrogens is 512 g/mol. The summed E-state index contributed by atoms with van der Waals surface area (Å²) < 4.78 is 11.1. The first-order valence-corrected chi connectivity index (χ1v) is 14.5. The average molecular weight is 557 g/mol. The Bertz CT molecular complexity index is 1050. The molecule has 3 rings (SSSR count). The fourth-order valence-corrected chi connectivity index (χ4v) is 5.42. The summed E-state index contributed by atoms with van der Waals surface area (Å²) in [5.41, 5.74) is 8.37. The molecule has 1 aromatic rings. The molecule has 11 nitrogen and oxygen atoms in total. The lowest BCUT2D eigenvalue weighted by Crippen LogP contribution is -2.46. The molecule has 2 atom stereocenters. The topological polar surface area (TPSA) is 147 Å². The molecule has 1 aliphatic carbocycles. The molecule has 2 aliphatic rings. The van der Waals surface area contributed by atoms with Crippen LogP contribution in [-0.2, 0) is 19.1 Å². The number of azide groups is 1. The highest BCUT2D eigenvalue weighted by Gasteiger charge is 2.31. The highest BCUT2D eigenvalue weighted by Crippen LogP contribution is 2.29. The van der Waals surface area contributed by atoms with Gasteiger partial charge in [-0.1, -0.05) is 37.2 Å². The number of carbonyl (C=O) groups excluding carboxylic acids is 3. The van der Waals surface area contributed by atoms with Crippen molar-refractivity contribution in [3.63, 3.8) is 0 Å². The summed E-state index contributed by atoms with van der Waals surface area (Å²) in [6.45, 7) is 6.77. The number of rotatable bonds is 12. The lowest BCUT2D eigenvalue weighted by Gasteiger charge is -2.33. The summed E-state index contributed by atoms with van der Waals surface area (Å²) in [7, 11) is 0. The predicted molar refractivity (Wildman–Crippen MR) is 150 cm³/mol. The number of amides is 2. The minimum Gasteiger partial charge on any atom is -0.492 e. The molecule has 0 aromatic carbocycles. The smallest absolute Gasteiger partial charge is 0.308 e. The number of hydrogen-bond acceptors (Lipinski definition) is 7. The number of carbonyl (C=O) groups is 3. The van der Waals surface area contributed by atoms with Gasteiger partial charge in [0.2, 0.25) is 11.8 Å². The molecule has 2 fully saturated rings. The zero-order chi connectivity index (χ0) is 29.0. The monoisotopic (exact) mass is 556 g/mol. The van der Waals surface area contributed by atoms with Crippen LogP contribution < -0.4 is 10.1 Å². The van der Waals surface area contributed by atoms with Crippen LogP contribution in [0.25, 0.3) is 10.4 Å². The van der Waals surface area contributed by atoms with Gasteiger partial charge >= 0.3 is 5.97 Å². The Kier molecular flexibility index (Phi) is 12.1. The van der Waals surface area contributed by atoms with Crippen LogP contribution in [0, 0.1) is 11.8 Å². The van der Waals surface area contributed by atoms with Crippen molar-refractivity contribution in [2.24, 2.45) is 17.0 Å². The maximum absolute atomic E-state index is 13.5. The Hall–Kier alpha value is -3.33. The molecule has 1 saturated heterocycles. The molecule has 1 aliphatic heterocycles. The minimum atomic E-state index is -0.687. The summed E-state index contributed by atoms with van der Waals surface area (Å²) >= 11 is 0. The predicted octanol–water partition coefficient (Wildman–Crippen LogP) is 5.26. The number of hydrogen-bond donors (Lipinski definition) is 1. The largest absolute Gasteiger partial charge is 0.492 e. The van der Waals surface area contributed by atoms with Gasteiger partial charge in [-0.2, -0.15) is 0 Å². The normalized spacial score (nSPS) is 18.8. The third kappa shape index (κ3) is 10.7. The number of aromatic nitrogens is 1. The van der Waals surface area contributed by atoms with E-state index in [0.29, 0.717) is 43.2 Å². The van der Waals surface area contributed by atoms with E-state index >= 15 is 0 Å². The first-order chi connectivity index (χ1) is 19.1. The molecule has 220 valence electrons. The second kappa shape index (κ2) is 15.5. The van der Waals surface area contributed by atoms with Crippen molar-refractivity contribution in [2.75, 3.05) is 26.2 Å². The van der Waals surface area contributed by atoms with Crippen LogP contribution in [-0.4, -0.2) is 59.5 Å². The second-order valence-corrected chi connectivity index (χ2v) is 11.8. The van der Waals surface area contributed by atoms with E-state index in [1.165, 1.54) is 38.3 Å². The molecule has 40 heavy (non-hydrogen) atoms. The Morgan fingerprint density at radius 2 is 1.95 bits per heavy atom. The van der Waals surface area contributed by atoms with Gasteiger partial charge in [-0.3, -0.25) is 19.4 Å². The van der Waals surface area contributed by atoms with Crippen molar-refractivity contribution in [1.29, 1.82) is 0 Å². The first-order valence-electron chi connectivity index (χ1n) is 14.5. The summed E-state index contributed by atoms with van der Waals surface area (Å²) in [6, 6.07) is 1.02. The molecular formula is C29H44N6O5. The molecule has 0 radical (unpaired) electrons. The molecule has 0 spiro atoms. The van der Waals surface area contributed by atoms with Crippen LogP contribution in [0.5, 0.6) is 5.75 Å². The number of nitrogens with one attached hydrogen (secondary N) is 1. The van der Waals surface area contributed by atoms with E-state index in [0.717, 1.165) is 12.8 Å². The van der Waals surface area contributed by atoms with Gasteiger partial charge in [0.05, 0.1) is 37.7 Å². The van der Waals surface area contributed by atoms with Gasteiger partial charge in [0.1, 0.15) is 11.4 Å². The van der Waals surface area contributed by atoms with E-state index in [4.69, 9.17) is 15.0 Å². The SMILES string of the molecule is CC(C)(C)OC(=O)C[C@H](NC(=O)[C@@H]1CCCN(C(=O)CCC2CCCCC2)C1)c1cncc(OCCN=[N+]=[N-])c1. The van der Waals surface area contributed by atoms with Crippen molar-refractivity contribution in [1.82, 2.24) is 15.2 Å². The van der Waals surface area contributed by atoms with Crippen LogP contribution in [0.1, 0.15) is 96.6 Å². The van der Waals surface area contributed by atoms with Crippen molar-refractivity contribution in [2.45, 2.75) is 96.6 Å².